The van der Waals surface area contributed by atoms with Gasteiger partial charge in [0.2, 0.25) is 0 Å². The van der Waals surface area contributed by atoms with E-state index in [0.29, 0.717) is 16.9 Å². The highest BCUT2D eigenvalue weighted by atomic mass is 16.5. The molecule has 0 saturated carbocycles. The number of benzene rings is 3. The van der Waals surface area contributed by atoms with Crippen LogP contribution in [-0.4, -0.2) is 11.8 Å². The smallest absolute Gasteiger partial charge is 0.343 e. The van der Waals surface area contributed by atoms with E-state index in [9.17, 15) is 9.59 Å². The van der Waals surface area contributed by atoms with Gasteiger partial charge in [-0.25, -0.2) is 4.79 Å². The highest BCUT2D eigenvalue weighted by Gasteiger charge is 2.08. The maximum absolute atomic E-state index is 12.1. The Balaban J connectivity index is 1.63. The van der Waals surface area contributed by atoms with Crippen molar-refractivity contribution < 1.29 is 14.3 Å². The molecule has 26 heavy (non-hydrogen) atoms. The lowest BCUT2D eigenvalue weighted by atomic mass is 10.1. The zero-order valence-electron chi connectivity index (χ0n) is 14.4. The van der Waals surface area contributed by atoms with Gasteiger partial charge in [0.25, 0.3) is 0 Å². The van der Waals surface area contributed by atoms with Crippen LogP contribution in [0.4, 0.5) is 0 Å². The number of hydrogen-bond donors (Lipinski definition) is 0. The predicted octanol–water partition coefficient (Wildman–Crippen LogP) is 5.11. The van der Waals surface area contributed by atoms with Gasteiger partial charge in [0, 0.05) is 5.56 Å². The van der Waals surface area contributed by atoms with E-state index in [1.165, 1.54) is 6.08 Å². The normalized spacial score (nSPS) is 10.7. The number of hydrogen-bond acceptors (Lipinski definition) is 3. The first-order valence-electron chi connectivity index (χ1n) is 8.28. The van der Waals surface area contributed by atoms with Crippen molar-refractivity contribution in [1.82, 2.24) is 0 Å². The number of ether oxygens (including phenoxy) is 1. The third-order valence-electron chi connectivity index (χ3n) is 3.86. The summed E-state index contributed by atoms with van der Waals surface area (Å²) >= 11 is 0. The minimum absolute atomic E-state index is 0.0551. The Morgan fingerprint density at radius 1 is 0.769 bits per heavy atom. The molecule has 0 heterocycles. The first-order valence-corrected chi connectivity index (χ1v) is 8.28. The molecule has 0 amide bonds. The first-order chi connectivity index (χ1) is 12.6. The van der Waals surface area contributed by atoms with E-state index in [0.717, 1.165) is 11.1 Å². The van der Waals surface area contributed by atoms with Crippen molar-refractivity contribution in [1.29, 1.82) is 0 Å². The number of allylic oxidation sites excluding steroid dienone is 1. The van der Waals surface area contributed by atoms with Crippen molar-refractivity contribution in [3.63, 3.8) is 0 Å². The molecule has 0 atom stereocenters. The van der Waals surface area contributed by atoms with Crippen LogP contribution in [0.3, 0.4) is 0 Å². The van der Waals surface area contributed by atoms with Gasteiger partial charge in [-0.2, -0.15) is 0 Å². The summed E-state index contributed by atoms with van der Waals surface area (Å²) in [6.45, 7) is 1.96. The van der Waals surface area contributed by atoms with Gasteiger partial charge in [0.05, 0.1) is 5.56 Å². The summed E-state index contributed by atoms with van der Waals surface area (Å²) in [6, 6.07) is 23.3. The average Bonchev–Trinajstić information content (AvgIpc) is 2.68. The van der Waals surface area contributed by atoms with Crippen LogP contribution in [0.15, 0.2) is 84.9 Å². The number of aryl methyl sites for hydroxylation is 1. The van der Waals surface area contributed by atoms with Gasteiger partial charge in [-0.3, -0.25) is 4.79 Å². The summed E-state index contributed by atoms with van der Waals surface area (Å²) in [5.74, 6) is 0.00938. The number of carbonyl (C=O) groups is 2. The third kappa shape index (κ3) is 4.54. The van der Waals surface area contributed by atoms with Crippen molar-refractivity contribution in [3.05, 3.63) is 107 Å². The predicted molar refractivity (Wildman–Crippen MR) is 102 cm³/mol. The van der Waals surface area contributed by atoms with E-state index in [4.69, 9.17) is 4.74 Å². The standard InChI is InChI=1S/C23H18O3/c1-17-7-12-20(13-8-17)23(25)26-21-14-9-18(10-15-21)11-16-22(24)19-5-3-2-4-6-19/h2-16H,1H3/b16-11+. The van der Waals surface area contributed by atoms with Gasteiger partial charge in [-0.1, -0.05) is 66.2 Å². The fraction of sp³-hybridized carbons (Fsp3) is 0.0435. The summed E-state index contributed by atoms with van der Waals surface area (Å²) in [5.41, 5.74) is 3.09. The molecule has 0 aliphatic heterocycles. The number of ketones is 1. The fourth-order valence-electron chi connectivity index (χ4n) is 2.37. The third-order valence-corrected chi connectivity index (χ3v) is 3.86. The van der Waals surface area contributed by atoms with Crippen LogP contribution in [-0.2, 0) is 0 Å². The van der Waals surface area contributed by atoms with Crippen molar-refractivity contribution >= 4 is 17.8 Å². The summed E-state index contributed by atoms with van der Waals surface area (Å²) in [7, 11) is 0. The quantitative estimate of drug-likeness (QED) is 0.280. The van der Waals surface area contributed by atoms with E-state index in [1.807, 2.05) is 37.3 Å². The molecule has 3 aromatic rings. The van der Waals surface area contributed by atoms with Crippen molar-refractivity contribution in [2.24, 2.45) is 0 Å². The SMILES string of the molecule is Cc1ccc(C(=O)Oc2ccc(/C=C/C(=O)c3ccccc3)cc2)cc1. The largest absolute Gasteiger partial charge is 0.423 e. The number of carbonyl (C=O) groups excluding carboxylic acids is 2. The molecule has 0 spiro atoms. The Bertz CT molecular complexity index is 921. The number of esters is 1. The van der Waals surface area contributed by atoms with Crippen molar-refractivity contribution in [3.8, 4) is 5.75 Å². The van der Waals surface area contributed by atoms with Gasteiger partial charge in [0.1, 0.15) is 5.75 Å². The summed E-state index contributed by atoms with van der Waals surface area (Å²) in [4.78, 5) is 24.2. The molecule has 3 aromatic carbocycles. The second-order valence-electron chi connectivity index (χ2n) is 5.89. The molecule has 3 rings (SSSR count). The van der Waals surface area contributed by atoms with Crippen LogP contribution >= 0.6 is 0 Å². The second-order valence-corrected chi connectivity index (χ2v) is 5.89. The van der Waals surface area contributed by atoms with E-state index >= 15 is 0 Å². The van der Waals surface area contributed by atoms with Crippen molar-refractivity contribution in [2.45, 2.75) is 6.92 Å². The molecule has 0 aromatic heterocycles. The van der Waals surface area contributed by atoms with Gasteiger partial charge < -0.3 is 4.74 Å². The lowest BCUT2D eigenvalue weighted by Gasteiger charge is -2.05. The Morgan fingerprint density at radius 3 is 2.08 bits per heavy atom. The topological polar surface area (TPSA) is 43.4 Å². The Labute approximate surface area is 152 Å². The molecule has 0 saturated heterocycles. The van der Waals surface area contributed by atoms with Gasteiger partial charge >= 0.3 is 5.97 Å². The second kappa shape index (κ2) is 8.08. The van der Waals surface area contributed by atoms with Gasteiger partial charge in [-0.15, -0.1) is 0 Å². The lowest BCUT2D eigenvalue weighted by Crippen LogP contribution is -2.08. The monoisotopic (exact) mass is 342 g/mol. The zero-order valence-corrected chi connectivity index (χ0v) is 14.4. The molecule has 0 N–H and O–H groups in total. The maximum atomic E-state index is 12.1. The molecule has 0 fully saturated rings. The van der Waals surface area contributed by atoms with Gasteiger partial charge in [-0.05, 0) is 42.8 Å². The van der Waals surface area contributed by atoms with E-state index in [2.05, 4.69) is 0 Å². The molecular weight excluding hydrogens is 324 g/mol. The molecule has 0 unspecified atom stereocenters. The van der Waals surface area contributed by atoms with Crippen LogP contribution < -0.4 is 4.74 Å². The maximum Gasteiger partial charge on any atom is 0.343 e. The molecule has 0 aliphatic carbocycles. The number of rotatable bonds is 5. The Morgan fingerprint density at radius 2 is 1.42 bits per heavy atom. The van der Waals surface area contributed by atoms with Crippen LogP contribution in [0.1, 0.15) is 31.8 Å². The fourth-order valence-corrected chi connectivity index (χ4v) is 2.37. The lowest BCUT2D eigenvalue weighted by molar-refractivity contribution is 0.0734. The molecule has 3 heteroatoms. The molecule has 0 bridgehead atoms. The molecule has 0 radical (unpaired) electrons. The van der Waals surface area contributed by atoms with Gasteiger partial charge in [0.15, 0.2) is 5.78 Å². The van der Waals surface area contributed by atoms with Crippen LogP contribution in [0, 0.1) is 6.92 Å². The Hall–Kier alpha value is -3.46. The zero-order chi connectivity index (χ0) is 18.4. The molecule has 128 valence electrons. The average molecular weight is 342 g/mol. The molecule has 3 nitrogen and oxygen atoms in total. The minimum Gasteiger partial charge on any atom is -0.423 e. The first kappa shape index (κ1) is 17.4. The molecular formula is C23H18O3. The van der Waals surface area contributed by atoms with E-state index in [-0.39, 0.29) is 5.78 Å². The van der Waals surface area contributed by atoms with Crippen LogP contribution in [0.5, 0.6) is 5.75 Å². The van der Waals surface area contributed by atoms with E-state index < -0.39 is 5.97 Å². The Kier molecular flexibility index (Phi) is 5.40. The van der Waals surface area contributed by atoms with E-state index in [1.54, 1.807) is 54.6 Å². The summed E-state index contributed by atoms with van der Waals surface area (Å²) in [5, 5.41) is 0. The highest BCUT2D eigenvalue weighted by Crippen LogP contribution is 2.16. The van der Waals surface area contributed by atoms with Crippen molar-refractivity contribution in [2.75, 3.05) is 0 Å². The highest BCUT2D eigenvalue weighted by molar-refractivity contribution is 6.06. The van der Waals surface area contributed by atoms with Crippen LogP contribution in [0.2, 0.25) is 0 Å². The van der Waals surface area contributed by atoms with Crippen LogP contribution in [0.25, 0.3) is 6.08 Å². The summed E-state index contributed by atoms with van der Waals surface area (Å²) in [6.07, 6.45) is 3.27. The molecule has 0 aliphatic rings. The minimum atomic E-state index is -0.396. The summed E-state index contributed by atoms with van der Waals surface area (Å²) < 4.78 is 5.36.